The van der Waals surface area contributed by atoms with E-state index in [2.05, 4.69) is 6.92 Å². The van der Waals surface area contributed by atoms with Crippen LogP contribution < -0.4 is 23.8 Å². The highest BCUT2D eigenvalue weighted by molar-refractivity contribution is 7.22. The summed E-state index contributed by atoms with van der Waals surface area (Å²) >= 11 is 1.28. The third-order valence-corrected chi connectivity index (χ3v) is 8.36. The van der Waals surface area contributed by atoms with Gasteiger partial charge in [0.15, 0.2) is 16.6 Å². The number of carbonyl (C=O) groups is 2. The number of anilines is 1. The molecule has 1 saturated heterocycles. The molecule has 0 saturated carbocycles. The molecule has 10 heteroatoms. The molecule has 43 heavy (non-hydrogen) atoms. The zero-order valence-electron chi connectivity index (χ0n) is 24.0. The monoisotopic (exact) mass is 600 g/mol. The molecule has 1 atom stereocenters. The van der Waals surface area contributed by atoms with Crippen molar-refractivity contribution in [2.75, 3.05) is 31.3 Å². The fourth-order valence-corrected chi connectivity index (χ4v) is 6.25. The highest BCUT2D eigenvalue weighted by Crippen LogP contribution is 2.45. The van der Waals surface area contributed by atoms with Crippen LogP contribution in [0, 0.1) is 0 Å². The fraction of sp³-hybridized carbons (Fsp3) is 0.303. The Morgan fingerprint density at radius 1 is 0.953 bits per heavy atom. The van der Waals surface area contributed by atoms with Gasteiger partial charge in [0.2, 0.25) is 0 Å². The van der Waals surface area contributed by atoms with Gasteiger partial charge in [0.1, 0.15) is 30.5 Å². The number of Topliss-reactive ketones (excluding diaryl/α,β-unsaturated/α-hetero) is 1. The number of carbonyl (C=O) groups excluding carboxylic acids is 2. The molecule has 1 aromatic heterocycles. The Morgan fingerprint density at radius 2 is 1.72 bits per heavy atom. The number of ketones is 1. The quantitative estimate of drug-likeness (QED) is 0.0932. The molecule has 1 unspecified atom stereocenters. The molecular formula is C33H32N2O7S. The predicted molar refractivity (Wildman–Crippen MR) is 164 cm³/mol. The zero-order valence-corrected chi connectivity index (χ0v) is 24.8. The van der Waals surface area contributed by atoms with Crippen LogP contribution in [-0.4, -0.2) is 48.2 Å². The summed E-state index contributed by atoms with van der Waals surface area (Å²) in [5.41, 5.74) is 1.61. The first-order valence-electron chi connectivity index (χ1n) is 14.5. The lowest BCUT2D eigenvalue weighted by atomic mass is 9.95. The normalized spacial score (nSPS) is 17.4. The van der Waals surface area contributed by atoms with Crippen molar-refractivity contribution in [3.8, 4) is 23.0 Å². The minimum atomic E-state index is -0.922. The molecule has 222 valence electrons. The van der Waals surface area contributed by atoms with Gasteiger partial charge in [0.05, 0.1) is 35.0 Å². The number of amides is 1. The van der Waals surface area contributed by atoms with Crippen LogP contribution >= 0.6 is 11.3 Å². The lowest BCUT2D eigenvalue weighted by molar-refractivity contribution is -0.132. The number of benzene rings is 3. The van der Waals surface area contributed by atoms with Crippen molar-refractivity contribution in [1.82, 2.24) is 4.98 Å². The van der Waals surface area contributed by atoms with Crippen LogP contribution in [0.15, 0.2) is 66.2 Å². The summed E-state index contributed by atoms with van der Waals surface area (Å²) in [4.78, 5) is 33.4. The Morgan fingerprint density at radius 3 is 2.49 bits per heavy atom. The second-order valence-electron chi connectivity index (χ2n) is 10.2. The van der Waals surface area contributed by atoms with Gasteiger partial charge in [0.25, 0.3) is 5.78 Å². The van der Waals surface area contributed by atoms with Crippen LogP contribution in [0.5, 0.6) is 23.0 Å². The van der Waals surface area contributed by atoms with E-state index < -0.39 is 17.7 Å². The van der Waals surface area contributed by atoms with Crippen molar-refractivity contribution in [3.63, 3.8) is 0 Å². The van der Waals surface area contributed by atoms with Crippen LogP contribution in [0.1, 0.15) is 50.3 Å². The topological polar surface area (TPSA) is 107 Å². The summed E-state index contributed by atoms with van der Waals surface area (Å²) in [6, 6.07) is 16.8. The number of fused-ring (bicyclic) bond motifs is 2. The summed E-state index contributed by atoms with van der Waals surface area (Å²) in [6.45, 7) is 5.97. The van der Waals surface area contributed by atoms with E-state index in [4.69, 9.17) is 23.9 Å². The van der Waals surface area contributed by atoms with E-state index in [1.54, 1.807) is 18.2 Å². The Labute approximate surface area is 253 Å². The van der Waals surface area contributed by atoms with Crippen molar-refractivity contribution in [1.29, 1.82) is 0 Å². The Kier molecular flexibility index (Phi) is 8.20. The number of aliphatic hydroxyl groups excluding tert-OH is 1. The molecule has 3 heterocycles. The number of ether oxygens (including phenoxy) is 4. The van der Waals surface area contributed by atoms with Gasteiger partial charge in [-0.05, 0) is 67.4 Å². The van der Waals surface area contributed by atoms with E-state index in [0.717, 1.165) is 24.0 Å². The second kappa shape index (κ2) is 12.3. The fourth-order valence-electron chi connectivity index (χ4n) is 5.23. The Hall–Kier alpha value is -4.57. The van der Waals surface area contributed by atoms with Crippen LogP contribution in [0.25, 0.3) is 16.0 Å². The zero-order chi connectivity index (χ0) is 29.9. The lowest BCUT2D eigenvalue weighted by Crippen LogP contribution is -2.29. The molecule has 0 aliphatic carbocycles. The molecule has 2 aliphatic heterocycles. The van der Waals surface area contributed by atoms with Crippen molar-refractivity contribution >= 4 is 44.1 Å². The molecule has 9 nitrogen and oxygen atoms in total. The molecular weight excluding hydrogens is 568 g/mol. The van der Waals surface area contributed by atoms with Gasteiger partial charge in [-0.2, -0.15) is 0 Å². The first kappa shape index (κ1) is 28.5. The molecule has 6 rings (SSSR count). The maximum absolute atomic E-state index is 13.7. The third kappa shape index (κ3) is 5.62. The van der Waals surface area contributed by atoms with Crippen LogP contribution in [-0.2, 0) is 9.59 Å². The second-order valence-corrected chi connectivity index (χ2v) is 11.2. The molecule has 0 spiro atoms. The van der Waals surface area contributed by atoms with E-state index in [-0.39, 0.29) is 11.3 Å². The van der Waals surface area contributed by atoms with E-state index in [0.29, 0.717) is 71.2 Å². The van der Waals surface area contributed by atoms with E-state index in [9.17, 15) is 14.7 Å². The largest absolute Gasteiger partial charge is 0.507 e. The summed E-state index contributed by atoms with van der Waals surface area (Å²) in [6.07, 6.45) is 3.14. The van der Waals surface area contributed by atoms with Gasteiger partial charge in [-0.3, -0.25) is 14.5 Å². The van der Waals surface area contributed by atoms with Crippen LogP contribution in [0.2, 0.25) is 0 Å². The first-order valence-corrected chi connectivity index (χ1v) is 15.3. The maximum Gasteiger partial charge on any atom is 0.301 e. The minimum Gasteiger partial charge on any atom is -0.507 e. The van der Waals surface area contributed by atoms with Gasteiger partial charge in [0, 0.05) is 5.56 Å². The summed E-state index contributed by atoms with van der Waals surface area (Å²) in [5.74, 6) is 0.517. The van der Waals surface area contributed by atoms with Gasteiger partial charge < -0.3 is 24.1 Å². The van der Waals surface area contributed by atoms with Crippen molar-refractivity contribution < 1.29 is 33.6 Å². The van der Waals surface area contributed by atoms with Gasteiger partial charge in [-0.15, -0.1) is 0 Å². The van der Waals surface area contributed by atoms with Gasteiger partial charge in [-0.1, -0.05) is 43.2 Å². The maximum atomic E-state index is 13.7. The standard InChI is InChI=1S/C33H32N2O7S/c1-3-5-6-15-40-22-10-7-20(8-11-22)29-28(30(36)21-9-14-25-26(18-21)42-17-16-41-25)31(37)32(38)35(29)33-34-24-13-12-23(39-4-2)19-27(24)43-33/h7-14,18-19,29,36H,3-6,15-17H2,1-2H3/b30-28+. The summed E-state index contributed by atoms with van der Waals surface area (Å²) in [5, 5.41) is 11.9. The number of aromatic nitrogens is 1. The Bertz CT molecular complexity index is 1700. The van der Waals surface area contributed by atoms with E-state index >= 15 is 0 Å². The predicted octanol–water partition coefficient (Wildman–Crippen LogP) is 6.66. The number of hydrogen-bond donors (Lipinski definition) is 1. The molecule has 3 aromatic carbocycles. The molecule has 1 fully saturated rings. The first-order chi connectivity index (χ1) is 21.0. The smallest absolute Gasteiger partial charge is 0.301 e. The summed E-state index contributed by atoms with van der Waals surface area (Å²) in [7, 11) is 0. The third-order valence-electron chi connectivity index (χ3n) is 7.34. The molecule has 1 N–H and O–H groups in total. The molecule has 0 bridgehead atoms. The summed E-state index contributed by atoms with van der Waals surface area (Å²) < 4.78 is 23.6. The highest BCUT2D eigenvalue weighted by atomic mass is 32.1. The highest BCUT2D eigenvalue weighted by Gasteiger charge is 2.48. The van der Waals surface area contributed by atoms with E-state index in [1.807, 2.05) is 49.4 Å². The minimum absolute atomic E-state index is 0.0347. The van der Waals surface area contributed by atoms with Gasteiger partial charge >= 0.3 is 5.91 Å². The molecule has 1 amide bonds. The van der Waals surface area contributed by atoms with E-state index in [1.165, 1.54) is 16.2 Å². The number of rotatable bonds is 10. The molecule has 4 aromatic rings. The SMILES string of the molecule is CCCCCOc1ccc(C2/C(=C(\O)c3ccc4c(c3)OCCO4)C(=O)C(=O)N2c2nc3ccc(OCC)cc3s2)cc1. The number of hydrogen-bond acceptors (Lipinski definition) is 9. The lowest BCUT2D eigenvalue weighted by Gasteiger charge is -2.23. The molecule has 2 aliphatic rings. The Balaban J connectivity index is 1.43. The number of nitrogens with zero attached hydrogens (tertiary/aromatic N) is 2. The van der Waals surface area contributed by atoms with Gasteiger partial charge in [-0.25, -0.2) is 4.98 Å². The van der Waals surface area contributed by atoms with Crippen LogP contribution in [0.4, 0.5) is 5.13 Å². The number of thiazole rings is 1. The molecule has 0 radical (unpaired) electrons. The van der Waals surface area contributed by atoms with Crippen molar-refractivity contribution in [2.45, 2.75) is 39.2 Å². The number of unbranched alkanes of at least 4 members (excludes halogenated alkanes) is 2. The number of aliphatic hydroxyl groups is 1. The average Bonchev–Trinajstić information content (AvgIpc) is 3.56. The van der Waals surface area contributed by atoms with Crippen LogP contribution in [0.3, 0.4) is 0 Å². The van der Waals surface area contributed by atoms with Crippen molar-refractivity contribution in [3.05, 3.63) is 77.4 Å². The van der Waals surface area contributed by atoms with Crippen molar-refractivity contribution in [2.24, 2.45) is 0 Å². The average molecular weight is 601 g/mol.